The van der Waals surface area contributed by atoms with Gasteiger partial charge >= 0.3 is 0 Å². The first kappa shape index (κ1) is 19.1. The Bertz CT molecular complexity index is 1230. The number of furan rings is 1. The molecular formula is C22H16ClN3O2S. The fourth-order valence-corrected chi connectivity index (χ4v) is 3.27. The lowest BCUT2D eigenvalue weighted by molar-refractivity contribution is 0.0951. The van der Waals surface area contributed by atoms with Gasteiger partial charge in [0.05, 0.1) is 11.2 Å². The molecule has 144 valence electrons. The number of thiocarbonyl (C=S) groups is 1. The molecule has 0 radical (unpaired) electrons. The van der Waals surface area contributed by atoms with Gasteiger partial charge in [0.1, 0.15) is 5.76 Å². The standard InChI is InChI=1S/C22H16ClN3O2S/c1-13-7-8-15(12-16(13)23)18-9-10-19(28-18)21(27)26-22(29)25-17-6-2-4-14-5-3-11-24-20(14)17/h2-12H,1H3,(H2,25,26,27,29). The molecule has 0 unspecified atom stereocenters. The molecule has 0 saturated heterocycles. The summed E-state index contributed by atoms with van der Waals surface area (Å²) < 4.78 is 5.68. The molecule has 2 aromatic heterocycles. The average molecular weight is 422 g/mol. The molecule has 2 aromatic carbocycles. The number of pyridine rings is 1. The second kappa shape index (κ2) is 8.03. The third kappa shape index (κ3) is 4.13. The summed E-state index contributed by atoms with van der Waals surface area (Å²) in [5.74, 6) is 0.256. The third-order valence-electron chi connectivity index (χ3n) is 4.39. The van der Waals surface area contributed by atoms with Gasteiger partial charge in [-0.05, 0) is 55.0 Å². The smallest absolute Gasteiger partial charge is 0.293 e. The maximum absolute atomic E-state index is 12.5. The lowest BCUT2D eigenvalue weighted by Crippen LogP contribution is -2.33. The molecule has 29 heavy (non-hydrogen) atoms. The number of carbonyl (C=O) groups excluding carboxylic acids is 1. The molecule has 0 spiro atoms. The predicted molar refractivity (Wildman–Crippen MR) is 119 cm³/mol. The van der Waals surface area contributed by atoms with Crippen LogP contribution in [-0.2, 0) is 0 Å². The molecule has 0 atom stereocenters. The lowest BCUT2D eigenvalue weighted by atomic mass is 10.1. The summed E-state index contributed by atoms with van der Waals surface area (Å²) in [6.45, 7) is 1.92. The molecule has 0 aliphatic heterocycles. The lowest BCUT2D eigenvalue weighted by Gasteiger charge is -2.10. The van der Waals surface area contributed by atoms with Gasteiger partial charge in [0.15, 0.2) is 10.9 Å². The highest BCUT2D eigenvalue weighted by Crippen LogP contribution is 2.27. The molecular weight excluding hydrogens is 406 g/mol. The molecule has 0 saturated carbocycles. The molecule has 0 fully saturated rings. The van der Waals surface area contributed by atoms with E-state index in [1.54, 1.807) is 24.4 Å². The molecule has 1 amide bonds. The Labute approximate surface area is 177 Å². The second-order valence-electron chi connectivity index (χ2n) is 6.42. The van der Waals surface area contributed by atoms with E-state index in [-0.39, 0.29) is 10.9 Å². The monoisotopic (exact) mass is 421 g/mol. The van der Waals surface area contributed by atoms with Crippen LogP contribution in [0, 0.1) is 6.92 Å². The van der Waals surface area contributed by atoms with Crippen LogP contribution in [0.4, 0.5) is 5.69 Å². The highest BCUT2D eigenvalue weighted by molar-refractivity contribution is 7.80. The van der Waals surface area contributed by atoms with Crippen LogP contribution < -0.4 is 10.6 Å². The summed E-state index contributed by atoms with van der Waals surface area (Å²) in [6.07, 6.45) is 1.71. The molecule has 2 heterocycles. The SMILES string of the molecule is Cc1ccc(-c2ccc(C(=O)NC(=S)Nc3cccc4cccnc34)o2)cc1Cl. The topological polar surface area (TPSA) is 67.2 Å². The summed E-state index contributed by atoms with van der Waals surface area (Å²) >= 11 is 11.4. The van der Waals surface area contributed by atoms with Gasteiger partial charge in [-0.15, -0.1) is 0 Å². The number of amides is 1. The van der Waals surface area contributed by atoms with E-state index in [1.807, 2.05) is 49.4 Å². The molecule has 0 aliphatic rings. The van der Waals surface area contributed by atoms with Crippen LogP contribution in [0.15, 0.2) is 71.3 Å². The zero-order valence-electron chi connectivity index (χ0n) is 15.4. The maximum atomic E-state index is 12.5. The van der Waals surface area contributed by atoms with Crippen LogP contribution in [0.2, 0.25) is 5.02 Å². The van der Waals surface area contributed by atoms with E-state index in [9.17, 15) is 4.79 Å². The number of nitrogens with zero attached hydrogens (tertiary/aromatic N) is 1. The molecule has 7 heteroatoms. The van der Waals surface area contributed by atoms with E-state index < -0.39 is 5.91 Å². The first-order valence-electron chi connectivity index (χ1n) is 8.84. The number of nitrogens with one attached hydrogen (secondary N) is 2. The van der Waals surface area contributed by atoms with Gasteiger partial charge in [0, 0.05) is 22.2 Å². The van der Waals surface area contributed by atoms with E-state index in [1.165, 1.54) is 0 Å². The molecule has 2 N–H and O–H groups in total. The first-order chi connectivity index (χ1) is 14.0. The van der Waals surface area contributed by atoms with Crippen molar-refractivity contribution in [1.29, 1.82) is 0 Å². The number of fused-ring (bicyclic) bond motifs is 1. The maximum Gasteiger partial charge on any atom is 0.293 e. The number of aromatic nitrogens is 1. The van der Waals surface area contributed by atoms with Crippen LogP contribution in [0.5, 0.6) is 0 Å². The minimum absolute atomic E-state index is 0.150. The van der Waals surface area contributed by atoms with E-state index in [2.05, 4.69) is 15.6 Å². The van der Waals surface area contributed by atoms with E-state index in [4.69, 9.17) is 28.2 Å². The van der Waals surface area contributed by atoms with Crippen molar-refractivity contribution in [3.05, 3.63) is 83.2 Å². The second-order valence-corrected chi connectivity index (χ2v) is 7.23. The van der Waals surface area contributed by atoms with Crippen molar-refractivity contribution >= 4 is 51.4 Å². The predicted octanol–water partition coefficient (Wildman–Crippen LogP) is 5.58. The number of para-hydroxylation sites is 1. The number of carbonyl (C=O) groups is 1. The van der Waals surface area contributed by atoms with Crippen molar-refractivity contribution in [2.75, 3.05) is 5.32 Å². The minimum Gasteiger partial charge on any atom is -0.451 e. The van der Waals surface area contributed by atoms with Gasteiger partial charge in [-0.2, -0.15) is 0 Å². The van der Waals surface area contributed by atoms with Crippen molar-refractivity contribution in [1.82, 2.24) is 10.3 Å². The molecule has 4 aromatic rings. The number of aryl methyl sites for hydroxylation is 1. The Morgan fingerprint density at radius 3 is 2.76 bits per heavy atom. The average Bonchev–Trinajstić information content (AvgIpc) is 3.21. The van der Waals surface area contributed by atoms with E-state index in [0.717, 1.165) is 22.0 Å². The van der Waals surface area contributed by atoms with Gasteiger partial charge in [-0.1, -0.05) is 41.9 Å². The van der Waals surface area contributed by atoms with E-state index >= 15 is 0 Å². The number of benzene rings is 2. The normalized spacial score (nSPS) is 10.7. The van der Waals surface area contributed by atoms with Gasteiger partial charge in [0.2, 0.25) is 0 Å². The number of hydrogen-bond donors (Lipinski definition) is 2. The van der Waals surface area contributed by atoms with Crippen molar-refractivity contribution in [2.24, 2.45) is 0 Å². The Morgan fingerprint density at radius 2 is 1.93 bits per heavy atom. The summed E-state index contributed by atoms with van der Waals surface area (Å²) in [7, 11) is 0. The summed E-state index contributed by atoms with van der Waals surface area (Å²) in [5.41, 5.74) is 3.24. The Morgan fingerprint density at radius 1 is 1.10 bits per heavy atom. The van der Waals surface area contributed by atoms with Crippen LogP contribution in [0.25, 0.3) is 22.2 Å². The van der Waals surface area contributed by atoms with E-state index in [0.29, 0.717) is 16.5 Å². The summed E-state index contributed by atoms with van der Waals surface area (Å²) in [4.78, 5) is 16.9. The van der Waals surface area contributed by atoms with Crippen molar-refractivity contribution in [2.45, 2.75) is 6.92 Å². The number of halogens is 1. The zero-order valence-corrected chi connectivity index (χ0v) is 17.0. The van der Waals surface area contributed by atoms with Crippen LogP contribution in [0.1, 0.15) is 16.1 Å². The van der Waals surface area contributed by atoms with Gasteiger partial charge in [-0.25, -0.2) is 0 Å². The largest absolute Gasteiger partial charge is 0.451 e. The van der Waals surface area contributed by atoms with Crippen LogP contribution in [-0.4, -0.2) is 16.0 Å². The number of rotatable bonds is 3. The summed E-state index contributed by atoms with van der Waals surface area (Å²) in [5, 5.41) is 7.41. The minimum atomic E-state index is -0.444. The number of hydrogen-bond acceptors (Lipinski definition) is 4. The number of anilines is 1. The van der Waals surface area contributed by atoms with Crippen molar-refractivity contribution in [3.63, 3.8) is 0 Å². The summed E-state index contributed by atoms with van der Waals surface area (Å²) in [6, 6.07) is 18.4. The zero-order chi connectivity index (χ0) is 20.4. The van der Waals surface area contributed by atoms with Crippen LogP contribution in [0.3, 0.4) is 0 Å². The highest BCUT2D eigenvalue weighted by Gasteiger charge is 2.15. The van der Waals surface area contributed by atoms with Gasteiger partial charge in [-0.3, -0.25) is 15.1 Å². The fourth-order valence-electron chi connectivity index (χ4n) is 2.88. The Balaban J connectivity index is 1.47. The Kier molecular flexibility index (Phi) is 5.29. The highest BCUT2D eigenvalue weighted by atomic mass is 35.5. The Hall–Kier alpha value is -3.22. The van der Waals surface area contributed by atoms with Gasteiger partial charge in [0.25, 0.3) is 5.91 Å². The van der Waals surface area contributed by atoms with Crippen molar-refractivity contribution < 1.29 is 9.21 Å². The first-order valence-corrected chi connectivity index (χ1v) is 9.62. The third-order valence-corrected chi connectivity index (χ3v) is 5.01. The van der Waals surface area contributed by atoms with Gasteiger partial charge < -0.3 is 9.73 Å². The molecule has 0 bridgehead atoms. The van der Waals surface area contributed by atoms with Crippen molar-refractivity contribution in [3.8, 4) is 11.3 Å². The molecule has 5 nitrogen and oxygen atoms in total. The van der Waals surface area contributed by atoms with Crippen LogP contribution >= 0.6 is 23.8 Å². The quantitative estimate of drug-likeness (QED) is 0.422. The fraction of sp³-hybridized carbons (Fsp3) is 0.0455. The molecule has 4 rings (SSSR count). The molecule has 0 aliphatic carbocycles.